The maximum atomic E-state index is 11.5. The van der Waals surface area contributed by atoms with E-state index >= 15 is 0 Å². The molecule has 0 spiro atoms. The summed E-state index contributed by atoms with van der Waals surface area (Å²) in [6.45, 7) is 4.14. The van der Waals surface area contributed by atoms with Crippen LogP contribution < -0.4 is 0 Å². The van der Waals surface area contributed by atoms with Gasteiger partial charge < -0.3 is 9.64 Å². The summed E-state index contributed by atoms with van der Waals surface area (Å²) >= 11 is 0. The molecule has 1 aliphatic heterocycles. The van der Waals surface area contributed by atoms with Gasteiger partial charge in [0.15, 0.2) is 0 Å². The van der Waals surface area contributed by atoms with Crippen molar-refractivity contribution in [2.24, 2.45) is 0 Å². The third kappa shape index (κ3) is 2.52. The number of aromatic nitrogens is 2. The first kappa shape index (κ1) is 14.8. The van der Waals surface area contributed by atoms with Crippen molar-refractivity contribution in [2.75, 3.05) is 20.7 Å². The monoisotopic (exact) mass is 299 g/mol. The summed E-state index contributed by atoms with van der Waals surface area (Å²) in [6.07, 6.45) is 1.93. The molecule has 2 heterocycles. The Morgan fingerprint density at radius 1 is 1.32 bits per heavy atom. The van der Waals surface area contributed by atoms with Crippen LogP contribution in [-0.4, -0.2) is 41.4 Å². The number of ether oxygens (including phenoxy) is 1. The molecular formula is C17H21N3O2. The van der Waals surface area contributed by atoms with Crippen LogP contribution in [0.25, 0.3) is 5.69 Å². The molecule has 2 aromatic rings. The summed E-state index contributed by atoms with van der Waals surface area (Å²) in [4.78, 5) is 13.9. The predicted octanol–water partition coefficient (Wildman–Crippen LogP) is 2.21. The molecule has 1 aliphatic rings. The molecule has 5 heteroatoms. The lowest BCUT2D eigenvalue weighted by molar-refractivity contribution is 0.0601. The van der Waals surface area contributed by atoms with Crippen LogP contribution >= 0.6 is 0 Å². The molecule has 0 fully saturated rings. The van der Waals surface area contributed by atoms with Gasteiger partial charge in [-0.25, -0.2) is 9.48 Å². The molecule has 0 radical (unpaired) electrons. The highest BCUT2D eigenvalue weighted by atomic mass is 16.5. The molecule has 0 N–H and O–H groups in total. The van der Waals surface area contributed by atoms with Crippen LogP contribution in [-0.2, 0) is 24.1 Å². The Kier molecular flexibility index (Phi) is 3.98. The van der Waals surface area contributed by atoms with E-state index < -0.39 is 0 Å². The van der Waals surface area contributed by atoms with Crippen molar-refractivity contribution in [1.29, 1.82) is 0 Å². The zero-order chi connectivity index (χ0) is 15.7. The fourth-order valence-electron chi connectivity index (χ4n) is 2.98. The maximum Gasteiger partial charge on any atom is 0.337 e. The summed E-state index contributed by atoms with van der Waals surface area (Å²) in [5.74, 6) is -0.315. The number of hydrogen-bond acceptors (Lipinski definition) is 4. The lowest BCUT2D eigenvalue weighted by Gasteiger charge is -2.23. The van der Waals surface area contributed by atoms with Crippen LogP contribution in [0, 0.1) is 0 Å². The fourth-order valence-corrected chi connectivity index (χ4v) is 2.98. The average molecular weight is 299 g/mol. The highest BCUT2D eigenvalue weighted by Gasteiger charge is 2.23. The highest BCUT2D eigenvalue weighted by Crippen LogP contribution is 2.25. The molecule has 1 aromatic carbocycles. The molecule has 0 atom stereocenters. The number of fused-ring (bicyclic) bond motifs is 1. The molecule has 1 aromatic heterocycles. The van der Waals surface area contributed by atoms with E-state index in [2.05, 4.69) is 18.9 Å². The Labute approximate surface area is 130 Å². The van der Waals surface area contributed by atoms with Crippen molar-refractivity contribution in [2.45, 2.75) is 26.3 Å². The molecule has 3 rings (SSSR count). The van der Waals surface area contributed by atoms with Crippen LogP contribution in [0.1, 0.15) is 34.2 Å². The Morgan fingerprint density at radius 3 is 2.68 bits per heavy atom. The van der Waals surface area contributed by atoms with Crippen LogP contribution in [0.5, 0.6) is 0 Å². The molecule has 116 valence electrons. The minimum atomic E-state index is -0.315. The van der Waals surface area contributed by atoms with E-state index in [1.54, 1.807) is 12.1 Å². The molecule has 0 saturated carbocycles. The number of esters is 1. The van der Waals surface area contributed by atoms with Crippen LogP contribution in [0.2, 0.25) is 0 Å². The minimum Gasteiger partial charge on any atom is -0.465 e. The molecule has 22 heavy (non-hydrogen) atoms. The van der Waals surface area contributed by atoms with Crippen molar-refractivity contribution in [1.82, 2.24) is 14.7 Å². The Hall–Kier alpha value is -2.14. The summed E-state index contributed by atoms with van der Waals surface area (Å²) < 4.78 is 6.77. The first-order valence-corrected chi connectivity index (χ1v) is 7.61. The summed E-state index contributed by atoms with van der Waals surface area (Å²) in [6, 6.07) is 7.43. The number of carbonyl (C=O) groups is 1. The van der Waals surface area contributed by atoms with Gasteiger partial charge >= 0.3 is 5.97 Å². The van der Waals surface area contributed by atoms with Gasteiger partial charge in [0.1, 0.15) is 0 Å². The number of methoxy groups -OCH3 is 1. The molecule has 5 nitrogen and oxygen atoms in total. The fraction of sp³-hybridized carbons (Fsp3) is 0.412. The normalized spacial score (nSPS) is 14.7. The standard InChI is InChI=1S/C17H21N3O2/c1-4-15-14-11-19(2)10-9-16(14)20(18-15)13-7-5-12(6-8-13)17(21)22-3/h5-8H,4,9-11H2,1-3H3. The van der Waals surface area contributed by atoms with E-state index in [-0.39, 0.29) is 5.97 Å². The number of carbonyl (C=O) groups excluding carboxylic acids is 1. The smallest absolute Gasteiger partial charge is 0.337 e. The quantitative estimate of drug-likeness (QED) is 0.815. The predicted molar refractivity (Wildman–Crippen MR) is 84.3 cm³/mol. The second-order valence-corrected chi connectivity index (χ2v) is 5.66. The maximum absolute atomic E-state index is 11.5. The van der Waals surface area contributed by atoms with E-state index in [1.807, 2.05) is 16.8 Å². The van der Waals surface area contributed by atoms with Gasteiger partial charge in [0, 0.05) is 25.1 Å². The summed E-state index contributed by atoms with van der Waals surface area (Å²) in [7, 11) is 3.54. The van der Waals surface area contributed by atoms with Gasteiger partial charge in [-0.05, 0) is 37.7 Å². The third-order valence-corrected chi connectivity index (χ3v) is 4.20. The Bertz CT molecular complexity index is 689. The number of benzene rings is 1. The molecule has 0 amide bonds. The molecule has 0 aliphatic carbocycles. The largest absolute Gasteiger partial charge is 0.465 e. The first-order chi connectivity index (χ1) is 10.6. The lowest BCUT2D eigenvalue weighted by Crippen LogP contribution is -2.27. The van der Waals surface area contributed by atoms with Crippen molar-refractivity contribution in [3.8, 4) is 5.69 Å². The first-order valence-electron chi connectivity index (χ1n) is 7.61. The molecule has 0 saturated heterocycles. The molecule has 0 bridgehead atoms. The van der Waals surface area contributed by atoms with Gasteiger partial charge in [-0.3, -0.25) is 0 Å². The second-order valence-electron chi connectivity index (χ2n) is 5.66. The van der Waals surface area contributed by atoms with Crippen molar-refractivity contribution < 1.29 is 9.53 Å². The lowest BCUT2D eigenvalue weighted by atomic mass is 10.0. The number of nitrogens with zero attached hydrogens (tertiary/aromatic N) is 3. The van der Waals surface area contributed by atoms with Crippen molar-refractivity contribution in [3.63, 3.8) is 0 Å². The summed E-state index contributed by atoms with van der Waals surface area (Å²) in [5.41, 5.74) is 5.36. The Balaban J connectivity index is 2.00. The van der Waals surface area contributed by atoms with E-state index in [1.165, 1.54) is 24.1 Å². The van der Waals surface area contributed by atoms with Gasteiger partial charge in [0.25, 0.3) is 0 Å². The van der Waals surface area contributed by atoms with E-state index in [4.69, 9.17) is 9.84 Å². The summed E-state index contributed by atoms with van der Waals surface area (Å²) in [5, 5.41) is 4.78. The van der Waals surface area contributed by atoms with Crippen LogP contribution in [0.3, 0.4) is 0 Å². The van der Waals surface area contributed by atoms with Crippen LogP contribution in [0.15, 0.2) is 24.3 Å². The minimum absolute atomic E-state index is 0.315. The van der Waals surface area contributed by atoms with E-state index in [0.717, 1.165) is 31.6 Å². The second kappa shape index (κ2) is 5.93. The van der Waals surface area contributed by atoms with Gasteiger partial charge in [-0.1, -0.05) is 6.92 Å². The highest BCUT2D eigenvalue weighted by molar-refractivity contribution is 5.89. The molecular weight excluding hydrogens is 278 g/mol. The number of likely N-dealkylation sites (N-methyl/N-ethyl adjacent to an activating group) is 1. The van der Waals surface area contributed by atoms with Gasteiger partial charge in [0.2, 0.25) is 0 Å². The van der Waals surface area contributed by atoms with E-state index in [9.17, 15) is 4.79 Å². The Morgan fingerprint density at radius 2 is 2.05 bits per heavy atom. The zero-order valence-electron chi connectivity index (χ0n) is 13.3. The van der Waals surface area contributed by atoms with Crippen LogP contribution in [0.4, 0.5) is 0 Å². The zero-order valence-corrected chi connectivity index (χ0v) is 13.3. The average Bonchev–Trinajstić information content (AvgIpc) is 2.92. The van der Waals surface area contributed by atoms with Crippen molar-refractivity contribution in [3.05, 3.63) is 46.8 Å². The van der Waals surface area contributed by atoms with Gasteiger partial charge in [-0.2, -0.15) is 5.10 Å². The number of rotatable bonds is 3. The molecule has 0 unspecified atom stereocenters. The number of aryl methyl sites for hydroxylation is 1. The van der Waals surface area contributed by atoms with Gasteiger partial charge in [-0.15, -0.1) is 0 Å². The van der Waals surface area contributed by atoms with E-state index in [0.29, 0.717) is 5.56 Å². The topological polar surface area (TPSA) is 47.4 Å². The third-order valence-electron chi connectivity index (χ3n) is 4.20. The SMILES string of the molecule is CCc1nn(-c2ccc(C(=O)OC)cc2)c2c1CN(C)CC2. The van der Waals surface area contributed by atoms with Crippen molar-refractivity contribution >= 4 is 5.97 Å². The number of hydrogen-bond donors (Lipinski definition) is 0. The van der Waals surface area contributed by atoms with Gasteiger partial charge in [0.05, 0.1) is 29.7 Å².